The van der Waals surface area contributed by atoms with E-state index in [-0.39, 0.29) is 5.91 Å². The average molecular weight is 275 g/mol. The first-order chi connectivity index (χ1) is 9.66. The largest absolute Gasteiger partial charge is 0.382 e. The zero-order valence-corrected chi connectivity index (χ0v) is 12.6. The molecule has 0 aliphatic heterocycles. The zero-order chi connectivity index (χ0) is 14.4. The molecule has 0 spiro atoms. The lowest BCUT2D eigenvalue weighted by molar-refractivity contribution is 0.0822. The van der Waals surface area contributed by atoms with Crippen molar-refractivity contribution in [3.05, 3.63) is 24.0 Å². The molecule has 1 amide bonds. The van der Waals surface area contributed by atoms with Crippen LogP contribution in [0.15, 0.2) is 18.3 Å². The molecule has 4 heteroatoms. The van der Waals surface area contributed by atoms with Crippen LogP contribution < -0.4 is 5.32 Å². The number of hydrogen-bond acceptors (Lipinski definition) is 3. The van der Waals surface area contributed by atoms with E-state index in [2.05, 4.69) is 10.3 Å². The molecule has 1 aromatic rings. The summed E-state index contributed by atoms with van der Waals surface area (Å²) < 4.78 is 0. The molecule has 20 heavy (non-hydrogen) atoms. The summed E-state index contributed by atoms with van der Waals surface area (Å²) in [6.45, 7) is 0. The highest BCUT2D eigenvalue weighted by Gasteiger charge is 2.13. The molecule has 1 aromatic heterocycles. The summed E-state index contributed by atoms with van der Waals surface area (Å²) in [6, 6.07) is 4.34. The highest BCUT2D eigenvalue weighted by atomic mass is 16.2. The molecule has 0 bridgehead atoms. The Bertz CT molecular complexity index is 437. The van der Waals surface area contributed by atoms with Gasteiger partial charge in [0.2, 0.25) is 0 Å². The van der Waals surface area contributed by atoms with Gasteiger partial charge in [-0.05, 0) is 25.0 Å². The zero-order valence-electron chi connectivity index (χ0n) is 12.6. The molecule has 1 heterocycles. The van der Waals surface area contributed by atoms with Gasteiger partial charge >= 0.3 is 0 Å². The van der Waals surface area contributed by atoms with Crippen molar-refractivity contribution in [2.24, 2.45) is 0 Å². The van der Waals surface area contributed by atoms with E-state index in [1.54, 1.807) is 25.2 Å². The van der Waals surface area contributed by atoms with Crippen molar-refractivity contribution in [1.82, 2.24) is 9.88 Å². The lowest BCUT2D eigenvalue weighted by Gasteiger charge is -2.22. The van der Waals surface area contributed by atoms with Crippen LogP contribution in [0.1, 0.15) is 55.4 Å². The van der Waals surface area contributed by atoms with Crippen LogP contribution in [0.25, 0.3) is 0 Å². The number of nitrogens with one attached hydrogen (secondary N) is 1. The van der Waals surface area contributed by atoms with Crippen LogP contribution in [0.5, 0.6) is 0 Å². The van der Waals surface area contributed by atoms with E-state index in [1.165, 1.54) is 44.9 Å². The van der Waals surface area contributed by atoms with E-state index in [0.29, 0.717) is 11.7 Å². The molecule has 0 saturated heterocycles. The normalized spacial score (nSPS) is 17.1. The van der Waals surface area contributed by atoms with Crippen molar-refractivity contribution >= 4 is 11.6 Å². The molecule has 1 saturated carbocycles. The average Bonchev–Trinajstić information content (AvgIpc) is 2.41. The first-order valence-corrected chi connectivity index (χ1v) is 7.61. The SMILES string of the molecule is CN(C)C(=O)c1cc(NC2CCCCCCC2)ccn1. The molecular weight excluding hydrogens is 250 g/mol. The number of carbonyl (C=O) groups is 1. The van der Waals surface area contributed by atoms with Crippen LogP contribution >= 0.6 is 0 Å². The fourth-order valence-electron chi connectivity index (χ4n) is 2.70. The molecule has 0 atom stereocenters. The number of rotatable bonds is 3. The number of amides is 1. The van der Waals surface area contributed by atoms with Gasteiger partial charge < -0.3 is 10.2 Å². The topological polar surface area (TPSA) is 45.2 Å². The maximum Gasteiger partial charge on any atom is 0.272 e. The second-order valence-electron chi connectivity index (χ2n) is 5.82. The van der Waals surface area contributed by atoms with Crippen LogP contribution in [0.2, 0.25) is 0 Å². The van der Waals surface area contributed by atoms with Crippen molar-refractivity contribution in [3.8, 4) is 0 Å². The molecular formula is C16H25N3O. The monoisotopic (exact) mass is 275 g/mol. The van der Waals surface area contributed by atoms with Crippen molar-refractivity contribution in [1.29, 1.82) is 0 Å². The highest BCUT2D eigenvalue weighted by Crippen LogP contribution is 2.21. The van der Waals surface area contributed by atoms with Gasteiger partial charge in [-0.3, -0.25) is 9.78 Å². The minimum Gasteiger partial charge on any atom is -0.382 e. The van der Waals surface area contributed by atoms with Crippen LogP contribution in [0, 0.1) is 0 Å². The van der Waals surface area contributed by atoms with Crippen LogP contribution in [-0.2, 0) is 0 Å². The number of pyridine rings is 1. The third-order valence-corrected chi connectivity index (χ3v) is 3.86. The Kier molecular flexibility index (Phi) is 5.39. The first-order valence-electron chi connectivity index (χ1n) is 7.61. The smallest absolute Gasteiger partial charge is 0.272 e. The van der Waals surface area contributed by atoms with E-state index in [4.69, 9.17) is 0 Å². The number of carbonyl (C=O) groups excluding carboxylic acids is 1. The molecule has 4 nitrogen and oxygen atoms in total. The maximum atomic E-state index is 11.9. The summed E-state index contributed by atoms with van der Waals surface area (Å²) in [4.78, 5) is 17.6. The Morgan fingerprint density at radius 3 is 2.50 bits per heavy atom. The van der Waals surface area contributed by atoms with Gasteiger partial charge in [0.1, 0.15) is 5.69 Å². The number of hydrogen-bond donors (Lipinski definition) is 1. The van der Waals surface area contributed by atoms with Crippen LogP contribution in [0.4, 0.5) is 5.69 Å². The lowest BCUT2D eigenvalue weighted by Crippen LogP contribution is -2.24. The van der Waals surface area contributed by atoms with Gasteiger partial charge in [-0.2, -0.15) is 0 Å². The van der Waals surface area contributed by atoms with Gasteiger partial charge in [-0.15, -0.1) is 0 Å². The van der Waals surface area contributed by atoms with Gasteiger partial charge in [0.15, 0.2) is 0 Å². The summed E-state index contributed by atoms with van der Waals surface area (Å²) in [5, 5.41) is 3.57. The third kappa shape index (κ3) is 4.22. The second kappa shape index (κ2) is 7.27. The van der Waals surface area contributed by atoms with Crippen molar-refractivity contribution in [2.45, 2.75) is 51.0 Å². The third-order valence-electron chi connectivity index (χ3n) is 3.86. The predicted octanol–water partition coefficient (Wildman–Crippen LogP) is 3.31. The van der Waals surface area contributed by atoms with Crippen molar-refractivity contribution < 1.29 is 4.79 Å². The van der Waals surface area contributed by atoms with Crippen LogP contribution in [-0.4, -0.2) is 35.9 Å². The number of anilines is 1. The molecule has 0 radical (unpaired) electrons. The Labute approximate surface area is 121 Å². The lowest BCUT2D eigenvalue weighted by atomic mass is 9.96. The van der Waals surface area contributed by atoms with Gasteiger partial charge in [-0.1, -0.05) is 32.1 Å². The number of nitrogens with zero attached hydrogens (tertiary/aromatic N) is 2. The van der Waals surface area contributed by atoms with Gasteiger partial charge in [-0.25, -0.2) is 0 Å². The Hall–Kier alpha value is -1.58. The summed E-state index contributed by atoms with van der Waals surface area (Å²) in [7, 11) is 3.50. The molecule has 1 aliphatic rings. The summed E-state index contributed by atoms with van der Waals surface area (Å²) >= 11 is 0. The fourth-order valence-corrected chi connectivity index (χ4v) is 2.70. The van der Waals surface area contributed by atoms with E-state index >= 15 is 0 Å². The molecule has 0 aromatic carbocycles. The number of aromatic nitrogens is 1. The van der Waals surface area contributed by atoms with Gasteiger partial charge in [0.05, 0.1) is 0 Å². The van der Waals surface area contributed by atoms with Crippen molar-refractivity contribution in [2.75, 3.05) is 19.4 Å². The van der Waals surface area contributed by atoms with E-state index in [0.717, 1.165) is 5.69 Å². The van der Waals surface area contributed by atoms with Crippen molar-refractivity contribution in [3.63, 3.8) is 0 Å². The standard InChI is InChI=1S/C16H25N3O/c1-19(2)16(20)15-12-14(10-11-17-15)18-13-8-6-4-3-5-7-9-13/h10-13H,3-9H2,1-2H3,(H,17,18). The summed E-state index contributed by atoms with van der Waals surface area (Å²) in [5.74, 6) is -0.0497. The molecule has 0 unspecified atom stereocenters. The Balaban J connectivity index is 2.01. The maximum absolute atomic E-state index is 11.9. The predicted molar refractivity (Wildman–Crippen MR) is 82.0 cm³/mol. The van der Waals surface area contributed by atoms with E-state index in [9.17, 15) is 4.79 Å². The molecule has 1 N–H and O–H groups in total. The minimum atomic E-state index is -0.0497. The molecule has 1 fully saturated rings. The molecule has 110 valence electrons. The fraction of sp³-hybridized carbons (Fsp3) is 0.625. The highest BCUT2D eigenvalue weighted by molar-refractivity contribution is 5.92. The summed E-state index contributed by atoms with van der Waals surface area (Å²) in [5.41, 5.74) is 1.52. The minimum absolute atomic E-state index is 0.0497. The first kappa shape index (κ1) is 14.8. The second-order valence-corrected chi connectivity index (χ2v) is 5.82. The van der Waals surface area contributed by atoms with Gasteiger partial charge in [0, 0.05) is 32.0 Å². The molecule has 2 rings (SSSR count). The van der Waals surface area contributed by atoms with E-state index < -0.39 is 0 Å². The molecule has 1 aliphatic carbocycles. The quantitative estimate of drug-likeness (QED) is 0.920. The van der Waals surface area contributed by atoms with Crippen LogP contribution in [0.3, 0.4) is 0 Å². The Morgan fingerprint density at radius 1 is 1.20 bits per heavy atom. The van der Waals surface area contributed by atoms with Gasteiger partial charge in [0.25, 0.3) is 5.91 Å². The van der Waals surface area contributed by atoms with E-state index in [1.807, 2.05) is 12.1 Å². The summed E-state index contributed by atoms with van der Waals surface area (Å²) in [6.07, 6.45) is 10.8. The Morgan fingerprint density at radius 2 is 1.85 bits per heavy atom.